The Bertz CT molecular complexity index is 1290. The predicted molar refractivity (Wildman–Crippen MR) is 145 cm³/mol. The first-order valence-corrected chi connectivity index (χ1v) is 12.8. The van der Waals surface area contributed by atoms with Crippen molar-refractivity contribution < 1.29 is 24.5 Å². The van der Waals surface area contributed by atoms with E-state index in [9.17, 15) is 19.8 Å². The van der Waals surface area contributed by atoms with Gasteiger partial charge in [0, 0.05) is 37.3 Å². The Labute approximate surface area is 223 Å². The molecular weight excluding hydrogens is 482 g/mol. The van der Waals surface area contributed by atoms with Gasteiger partial charge < -0.3 is 19.8 Å². The molecule has 1 aromatic heterocycles. The van der Waals surface area contributed by atoms with Gasteiger partial charge in [-0.25, -0.2) is 9.78 Å². The molecule has 0 saturated heterocycles. The molecule has 0 unspecified atom stereocenters. The van der Waals surface area contributed by atoms with Crippen LogP contribution in [-0.4, -0.2) is 75.8 Å². The molecule has 0 aliphatic carbocycles. The second-order valence-electron chi connectivity index (χ2n) is 10.2. The van der Waals surface area contributed by atoms with Gasteiger partial charge in [-0.2, -0.15) is 0 Å². The molecule has 0 spiro atoms. The van der Waals surface area contributed by atoms with Gasteiger partial charge in [0.25, 0.3) is 5.91 Å². The minimum absolute atomic E-state index is 0.0724. The van der Waals surface area contributed by atoms with Crippen molar-refractivity contribution in [3.63, 3.8) is 0 Å². The van der Waals surface area contributed by atoms with Gasteiger partial charge in [0.15, 0.2) is 0 Å². The molecule has 3 atom stereocenters. The first-order chi connectivity index (χ1) is 18.2. The molecule has 1 amide bonds. The van der Waals surface area contributed by atoms with Crippen LogP contribution in [0.2, 0.25) is 0 Å². The van der Waals surface area contributed by atoms with Crippen molar-refractivity contribution >= 4 is 11.9 Å². The molecule has 0 fully saturated rings. The van der Waals surface area contributed by atoms with Crippen molar-refractivity contribution in [1.82, 2.24) is 14.8 Å². The average Bonchev–Trinajstić information content (AvgIpc) is 2.90. The standard InChI is InChI=1S/C30H35N3O5/c1-19-9-11-22(12-10-19)24-13-26-28(31-14-24)38-27(20(2)15-33(29(26)35)21(3)18-34)17-32(4)16-23-7-5-6-8-25(23)30(36)37/h5-14,20-21,27,34H,15-18H2,1-4H3,(H,36,37)/t20-,21+,27+/m0/s1. The summed E-state index contributed by atoms with van der Waals surface area (Å²) in [6, 6.07) is 16.4. The summed E-state index contributed by atoms with van der Waals surface area (Å²) in [6.07, 6.45) is 1.39. The van der Waals surface area contributed by atoms with E-state index in [1.807, 2.05) is 75.2 Å². The number of hydrogen-bond acceptors (Lipinski definition) is 6. The summed E-state index contributed by atoms with van der Waals surface area (Å²) in [6.45, 7) is 7.03. The summed E-state index contributed by atoms with van der Waals surface area (Å²) in [5, 5.41) is 19.5. The second-order valence-corrected chi connectivity index (χ2v) is 10.2. The van der Waals surface area contributed by atoms with Gasteiger partial charge in [-0.05, 0) is 44.2 Å². The van der Waals surface area contributed by atoms with Gasteiger partial charge in [-0.3, -0.25) is 9.69 Å². The molecule has 200 valence electrons. The van der Waals surface area contributed by atoms with Crippen LogP contribution in [0.1, 0.15) is 45.7 Å². The second kappa shape index (κ2) is 11.8. The number of rotatable bonds is 8. The highest BCUT2D eigenvalue weighted by atomic mass is 16.5. The largest absolute Gasteiger partial charge is 0.478 e. The van der Waals surface area contributed by atoms with Crippen LogP contribution in [0.4, 0.5) is 0 Å². The van der Waals surface area contributed by atoms with Crippen molar-refractivity contribution in [1.29, 1.82) is 0 Å². The maximum Gasteiger partial charge on any atom is 0.336 e. The zero-order chi connectivity index (χ0) is 27.4. The van der Waals surface area contributed by atoms with Crippen LogP contribution >= 0.6 is 0 Å². The molecule has 0 saturated carbocycles. The molecule has 2 aromatic carbocycles. The van der Waals surface area contributed by atoms with Crippen molar-refractivity contribution in [2.24, 2.45) is 5.92 Å². The van der Waals surface area contributed by atoms with E-state index in [1.165, 1.54) is 0 Å². The Balaban J connectivity index is 1.65. The number of nitrogens with zero attached hydrogens (tertiary/aromatic N) is 3. The minimum Gasteiger partial charge on any atom is -0.478 e. The van der Waals surface area contributed by atoms with E-state index in [4.69, 9.17) is 4.74 Å². The smallest absolute Gasteiger partial charge is 0.336 e. The van der Waals surface area contributed by atoms with E-state index in [0.717, 1.165) is 16.7 Å². The number of aliphatic hydroxyl groups excluding tert-OH is 1. The summed E-state index contributed by atoms with van der Waals surface area (Å²) >= 11 is 0. The van der Waals surface area contributed by atoms with Gasteiger partial charge in [0.05, 0.1) is 18.2 Å². The number of aromatic carboxylic acids is 1. The van der Waals surface area contributed by atoms with E-state index in [0.29, 0.717) is 30.8 Å². The molecule has 8 heteroatoms. The first kappa shape index (κ1) is 27.3. The van der Waals surface area contributed by atoms with E-state index in [-0.39, 0.29) is 42.0 Å². The van der Waals surface area contributed by atoms with Crippen LogP contribution < -0.4 is 4.74 Å². The predicted octanol–water partition coefficient (Wildman–Crippen LogP) is 4.11. The van der Waals surface area contributed by atoms with E-state index >= 15 is 0 Å². The van der Waals surface area contributed by atoms with Gasteiger partial charge in [-0.15, -0.1) is 0 Å². The molecular formula is C30H35N3O5. The monoisotopic (exact) mass is 517 g/mol. The lowest BCUT2D eigenvalue weighted by Crippen LogP contribution is -2.49. The molecule has 1 aliphatic heterocycles. The lowest BCUT2D eigenvalue weighted by Gasteiger charge is -2.37. The Kier molecular flexibility index (Phi) is 8.44. The van der Waals surface area contributed by atoms with Gasteiger partial charge in [0.1, 0.15) is 11.7 Å². The van der Waals surface area contributed by atoms with Gasteiger partial charge in [0.2, 0.25) is 5.88 Å². The SMILES string of the molecule is Cc1ccc(-c2cnc3c(c2)C(=O)N([C@H](C)CO)C[C@H](C)[C@@H](CN(C)Cc2ccccc2C(=O)O)O3)cc1. The molecule has 0 radical (unpaired) electrons. The summed E-state index contributed by atoms with van der Waals surface area (Å²) in [5.74, 6) is -0.995. The number of pyridine rings is 1. The normalized spacial score (nSPS) is 18.4. The number of aliphatic hydroxyl groups is 1. The third-order valence-electron chi connectivity index (χ3n) is 7.09. The van der Waals surface area contributed by atoms with Crippen molar-refractivity contribution in [3.8, 4) is 17.0 Å². The van der Waals surface area contributed by atoms with E-state index < -0.39 is 5.97 Å². The Morgan fingerprint density at radius 1 is 1.18 bits per heavy atom. The Morgan fingerprint density at radius 2 is 1.89 bits per heavy atom. The molecule has 8 nitrogen and oxygen atoms in total. The molecule has 38 heavy (non-hydrogen) atoms. The number of aryl methyl sites for hydroxylation is 1. The summed E-state index contributed by atoms with van der Waals surface area (Å²) in [5.41, 5.74) is 4.25. The number of benzene rings is 2. The maximum absolute atomic E-state index is 13.7. The van der Waals surface area contributed by atoms with Gasteiger partial charge >= 0.3 is 5.97 Å². The fourth-order valence-electron chi connectivity index (χ4n) is 4.75. The molecule has 1 aliphatic rings. The highest BCUT2D eigenvalue weighted by Gasteiger charge is 2.34. The number of likely N-dealkylation sites (N-methyl/N-ethyl adjacent to an activating group) is 1. The van der Waals surface area contributed by atoms with Crippen molar-refractivity contribution in [2.45, 2.75) is 39.5 Å². The number of amides is 1. The molecule has 2 N–H and O–H groups in total. The molecule has 3 aromatic rings. The molecule has 0 bridgehead atoms. The van der Waals surface area contributed by atoms with Gasteiger partial charge in [-0.1, -0.05) is 55.0 Å². The Morgan fingerprint density at radius 3 is 2.58 bits per heavy atom. The third kappa shape index (κ3) is 6.03. The molecule has 4 rings (SSSR count). The number of carbonyl (C=O) groups excluding carboxylic acids is 1. The van der Waals surface area contributed by atoms with Crippen LogP contribution in [0.15, 0.2) is 60.8 Å². The highest BCUT2D eigenvalue weighted by molar-refractivity contribution is 5.98. The van der Waals surface area contributed by atoms with Crippen LogP contribution in [0.25, 0.3) is 11.1 Å². The number of aromatic nitrogens is 1. The highest BCUT2D eigenvalue weighted by Crippen LogP contribution is 2.30. The Hall–Kier alpha value is -3.75. The lowest BCUT2D eigenvalue weighted by atomic mass is 9.98. The number of hydrogen-bond donors (Lipinski definition) is 2. The van der Waals surface area contributed by atoms with Crippen LogP contribution in [-0.2, 0) is 6.54 Å². The zero-order valence-corrected chi connectivity index (χ0v) is 22.3. The lowest BCUT2D eigenvalue weighted by molar-refractivity contribution is 0.0325. The fourth-order valence-corrected chi connectivity index (χ4v) is 4.75. The van der Waals surface area contributed by atoms with E-state index in [1.54, 1.807) is 23.2 Å². The number of carboxylic acids is 1. The van der Waals surface area contributed by atoms with Crippen LogP contribution in [0.5, 0.6) is 5.88 Å². The fraction of sp³-hybridized carbons (Fsp3) is 0.367. The maximum atomic E-state index is 13.7. The number of ether oxygens (including phenoxy) is 1. The van der Waals surface area contributed by atoms with Crippen LogP contribution in [0.3, 0.4) is 0 Å². The summed E-state index contributed by atoms with van der Waals surface area (Å²) in [7, 11) is 1.92. The first-order valence-electron chi connectivity index (χ1n) is 12.8. The van der Waals surface area contributed by atoms with E-state index in [2.05, 4.69) is 4.98 Å². The quantitative estimate of drug-likeness (QED) is 0.464. The average molecular weight is 518 g/mol. The van der Waals surface area contributed by atoms with Crippen LogP contribution in [0, 0.1) is 12.8 Å². The topological polar surface area (TPSA) is 103 Å². The molecule has 2 heterocycles. The number of fused-ring (bicyclic) bond motifs is 1. The summed E-state index contributed by atoms with van der Waals surface area (Å²) < 4.78 is 6.40. The summed E-state index contributed by atoms with van der Waals surface area (Å²) in [4.78, 5) is 33.6. The zero-order valence-electron chi connectivity index (χ0n) is 22.3. The number of carbonyl (C=O) groups is 2. The third-order valence-corrected chi connectivity index (χ3v) is 7.09. The van der Waals surface area contributed by atoms with Crippen molar-refractivity contribution in [2.75, 3.05) is 26.7 Å². The number of carboxylic acid groups (broad SMARTS) is 1. The minimum atomic E-state index is -0.959. The van der Waals surface area contributed by atoms with Crippen molar-refractivity contribution in [3.05, 3.63) is 83.0 Å².